The van der Waals surface area contributed by atoms with Crippen molar-refractivity contribution < 1.29 is 9.53 Å². The molecule has 4 rings (SSSR count). The van der Waals surface area contributed by atoms with E-state index in [1.54, 1.807) is 21.6 Å². The lowest BCUT2D eigenvalue weighted by atomic mass is 10.2. The van der Waals surface area contributed by atoms with Crippen molar-refractivity contribution >= 4 is 51.7 Å². The summed E-state index contributed by atoms with van der Waals surface area (Å²) in [4.78, 5) is 35.4. The largest absolute Gasteiger partial charge is 0.378 e. The number of thioether (sulfide) groups is 1. The fourth-order valence-electron chi connectivity index (χ4n) is 3.56. The number of carbonyl (C=O) groups is 1. The number of anilines is 1. The highest BCUT2D eigenvalue weighted by Gasteiger charge is 2.35. The van der Waals surface area contributed by atoms with Gasteiger partial charge in [-0.1, -0.05) is 37.0 Å². The summed E-state index contributed by atoms with van der Waals surface area (Å²) >= 11 is 6.68. The van der Waals surface area contributed by atoms with Crippen LogP contribution in [0.4, 0.5) is 5.82 Å². The minimum absolute atomic E-state index is 0.0144. The molecule has 0 bridgehead atoms. The highest BCUT2D eigenvalue weighted by Crippen LogP contribution is 2.35. The van der Waals surface area contributed by atoms with Gasteiger partial charge in [0, 0.05) is 25.3 Å². The number of aromatic nitrogens is 2. The van der Waals surface area contributed by atoms with Crippen molar-refractivity contribution in [2.24, 2.45) is 0 Å². The van der Waals surface area contributed by atoms with Crippen LogP contribution in [-0.4, -0.2) is 56.9 Å². The van der Waals surface area contributed by atoms with Crippen molar-refractivity contribution in [1.82, 2.24) is 14.3 Å². The number of hydrogen-bond acceptors (Lipinski definition) is 7. The predicted octanol–water partition coefficient (Wildman–Crippen LogP) is 2.84. The Bertz CT molecular complexity index is 1110. The number of thiocarbonyl (C=S) groups is 1. The van der Waals surface area contributed by atoms with Crippen molar-refractivity contribution in [3.63, 3.8) is 0 Å². The molecule has 0 aromatic carbocycles. The van der Waals surface area contributed by atoms with Crippen molar-refractivity contribution in [1.29, 1.82) is 0 Å². The maximum Gasteiger partial charge on any atom is 0.267 e. The highest BCUT2D eigenvalue weighted by molar-refractivity contribution is 8.26. The molecule has 9 heteroatoms. The number of rotatable bonds is 4. The molecule has 4 heterocycles. The first-order chi connectivity index (χ1) is 14.4. The van der Waals surface area contributed by atoms with E-state index in [4.69, 9.17) is 21.9 Å². The van der Waals surface area contributed by atoms with Crippen molar-refractivity contribution in [3.05, 3.63) is 44.7 Å². The topological polar surface area (TPSA) is 67.2 Å². The summed E-state index contributed by atoms with van der Waals surface area (Å²) in [6.45, 7) is 8.35. The van der Waals surface area contributed by atoms with E-state index in [1.165, 1.54) is 11.8 Å². The van der Waals surface area contributed by atoms with E-state index in [9.17, 15) is 9.59 Å². The molecular weight excluding hydrogens is 420 g/mol. The van der Waals surface area contributed by atoms with Crippen LogP contribution >= 0.6 is 24.0 Å². The van der Waals surface area contributed by atoms with Gasteiger partial charge in [0.15, 0.2) is 0 Å². The molecule has 2 aromatic heterocycles. The zero-order chi connectivity index (χ0) is 21.4. The Labute approximate surface area is 184 Å². The van der Waals surface area contributed by atoms with Gasteiger partial charge in [-0.3, -0.25) is 18.9 Å². The van der Waals surface area contributed by atoms with Crippen LogP contribution in [0.1, 0.15) is 31.4 Å². The second kappa shape index (κ2) is 8.49. The number of ether oxygens (including phenoxy) is 1. The maximum atomic E-state index is 13.4. The molecule has 0 radical (unpaired) electrons. The molecule has 1 unspecified atom stereocenters. The van der Waals surface area contributed by atoms with Crippen LogP contribution in [0.2, 0.25) is 0 Å². The lowest BCUT2D eigenvalue weighted by Crippen LogP contribution is -2.39. The zero-order valence-electron chi connectivity index (χ0n) is 17.3. The van der Waals surface area contributed by atoms with Crippen LogP contribution in [0.25, 0.3) is 11.7 Å². The molecule has 7 nitrogen and oxygen atoms in total. The van der Waals surface area contributed by atoms with E-state index in [1.807, 2.05) is 37.8 Å². The molecular formula is C21H24N4O3S2. The third kappa shape index (κ3) is 3.77. The van der Waals surface area contributed by atoms with Crippen molar-refractivity contribution in [3.8, 4) is 0 Å². The summed E-state index contributed by atoms with van der Waals surface area (Å²) in [6, 6.07) is 3.79. The van der Waals surface area contributed by atoms with Gasteiger partial charge in [0.1, 0.15) is 15.8 Å². The molecule has 0 N–H and O–H groups in total. The fraction of sp³-hybridized carbons (Fsp3) is 0.429. The van der Waals surface area contributed by atoms with Crippen LogP contribution in [0.15, 0.2) is 28.0 Å². The minimum atomic E-state index is -0.195. The molecule has 2 fully saturated rings. The second-order valence-electron chi connectivity index (χ2n) is 7.50. The average molecular weight is 445 g/mol. The molecule has 2 aromatic rings. The lowest BCUT2D eigenvalue weighted by molar-refractivity contribution is -0.123. The number of aryl methyl sites for hydroxylation is 1. The Morgan fingerprint density at radius 2 is 2.03 bits per heavy atom. The van der Waals surface area contributed by atoms with Gasteiger partial charge in [-0.2, -0.15) is 0 Å². The van der Waals surface area contributed by atoms with Crippen LogP contribution in [0.5, 0.6) is 0 Å². The Hall–Kier alpha value is -2.23. The third-order valence-corrected chi connectivity index (χ3v) is 6.76. The minimum Gasteiger partial charge on any atom is -0.378 e. The Morgan fingerprint density at radius 1 is 1.30 bits per heavy atom. The van der Waals surface area contributed by atoms with Gasteiger partial charge in [-0.05, 0) is 38.0 Å². The number of pyridine rings is 1. The van der Waals surface area contributed by atoms with Crippen LogP contribution < -0.4 is 10.5 Å². The van der Waals surface area contributed by atoms with Gasteiger partial charge >= 0.3 is 0 Å². The summed E-state index contributed by atoms with van der Waals surface area (Å²) in [5.74, 6) is 0.432. The number of carbonyl (C=O) groups excluding carboxylic acids is 1. The van der Waals surface area contributed by atoms with E-state index in [0.717, 1.165) is 12.0 Å². The molecule has 0 aliphatic carbocycles. The Kier molecular flexibility index (Phi) is 5.95. The first-order valence-corrected chi connectivity index (χ1v) is 11.3. The predicted molar refractivity (Wildman–Crippen MR) is 124 cm³/mol. The van der Waals surface area contributed by atoms with Crippen LogP contribution in [0, 0.1) is 6.92 Å². The van der Waals surface area contributed by atoms with E-state index in [2.05, 4.69) is 0 Å². The summed E-state index contributed by atoms with van der Waals surface area (Å²) in [5, 5.41) is 0. The summed E-state index contributed by atoms with van der Waals surface area (Å²) in [7, 11) is 0. The highest BCUT2D eigenvalue weighted by atomic mass is 32.2. The molecule has 0 saturated carbocycles. The molecule has 2 aliphatic rings. The normalized spacial score (nSPS) is 19.9. The summed E-state index contributed by atoms with van der Waals surface area (Å²) in [6.07, 6.45) is 4.24. The fourth-order valence-corrected chi connectivity index (χ4v) is 5.01. The lowest BCUT2D eigenvalue weighted by Gasteiger charge is -2.29. The molecule has 30 heavy (non-hydrogen) atoms. The van der Waals surface area contributed by atoms with Gasteiger partial charge < -0.3 is 9.64 Å². The number of amides is 1. The van der Waals surface area contributed by atoms with Gasteiger partial charge in [-0.25, -0.2) is 4.98 Å². The molecule has 2 saturated heterocycles. The van der Waals surface area contributed by atoms with Crippen LogP contribution in [0.3, 0.4) is 0 Å². The van der Waals surface area contributed by atoms with E-state index in [-0.39, 0.29) is 17.5 Å². The standard InChI is InChI=1S/C21H24N4O3S2/c1-4-14(3)25-20(27)16(30-21(25)29)11-15-18(23-7-9-28-10-8-23)22-17-6-5-13(2)12-24(17)19(15)26/h5-6,11-12,14H,4,7-10H2,1-3H3/b16-11-. The molecule has 1 amide bonds. The molecule has 2 aliphatic heterocycles. The molecule has 0 spiro atoms. The smallest absolute Gasteiger partial charge is 0.267 e. The van der Waals surface area contributed by atoms with Crippen molar-refractivity contribution in [2.45, 2.75) is 33.2 Å². The first-order valence-electron chi connectivity index (χ1n) is 10.0. The summed E-state index contributed by atoms with van der Waals surface area (Å²) in [5.41, 5.74) is 1.75. The van der Waals surface area contributed by atoms with Crippen molar-refractivity contribution in [2.75, 3.05) is 31.2 Å². The molecule has 1 atom stereocenters. The zero-order valence-corrected chi connectivity index (χ0v) is 18.9. The third-order valence-electron chi connectivity index (χ3n) is 5.43. The number of hydrogen-bond donors (Lipinski definition) is 0. The number of fused-ring (bicyclic) bond motifs is 1. The van der Waals surface area contributed by atoms with E-state index >= 15 is 0 Å². The van der Waals surface area contributed by atoms with Gasteiger partial charge in [0.2, 0.25) is 0 Å². The van der Waals surface area contributed by atoms with Gasteiger partial charge in [0.05, 0.1) is 23.7 Å². The second-order valence-corrected chi connectivity index (χ2v) is 9.17. The van der Waals surface area contributed by atoms with E-state index in [0.29, 0.717) is 52.6 Å². The monoisotopic (exact) mass is 444 g/mol. The number of nitrogens with zero attached hydrogens (tertiary/aromatic N) is 4. The number of morpholine rings is 1. The Balaban J connectivity index is 1.87. The summed E-state index contributed by atoms with van der Waals surface area (Å²) < 4.78 is 7.53. The average Bonchev–Trinajstić information content (AvgIpc) is 3.03. The van der Waals surface area contributed by atoms with Gasteiger partial charge in [0.25, 0.3) is 11.5 Å². The SMILES string of the molecule is CCC(C)N1C(=O)/C(=C/c2c(N3CCOCC3)nc3ccc(C)cn3c2=O)SC1=S. The van der Waals surface area contributed by atoms with Crippen LogP contribution in [-0.2, 0) is 9.53 Å². The molecule has 158 valence electrons. The van der Waals surface area contributed by atoms with E-state index < -0.39 is 0 Å². The maximum absolute atomic E-state index is 13.4. The quantitative estimate of drug-likeness (QED) is 0.531. The first kappa shape index (κ1) is 21.0. The van der Waals surface area contributed by atoms with Gasteiger partial charge in [-0.15, -0.1) is 0 Å². The Morgan fingerprint density at radius 3 is 2.73 bits per heavy atom.